The lowest BCUT2D eigenvalue weighted by molar-refractivity contribution is 0.0939. The van der Waals surface area contributed by atoms with Gasteiger partial charge in [0.05, 0.1) is 0 Å². The molecule has 1 saturated carbocycles. The van der Waals surface area contributed by atoms with E-state index in [9.17, 15) is 4.79 Å². The van der Waals surface area contributed by atoms with E-state index in [0.29, 0.717) is 27.9 Å². The summed E-state index contributed by atoms with van der Waals surface area (Å²) in [6.45, 7) is 5.15. The molecule has 0 saturated heterocycles. The van der Waals surface area contributed by atoms with Crippen LogP contribution >= 0.6 is 11.6 Å². The van der Waals surface area contributed by atoms with Crippen molar-refractivity contribution >= 4 is 23.3 Å². The molecule has 1 aromatic heterocycles. The van der Waals surface area contributed by atoms with Gasteiger partial charge in [0, 0.05) is 19.2 Å². The Balaban J connectivity index is 2.02. The minimum absolute atomic E-state index is 0.0901. The van der Waals surface area contributed by atoms with Crippen molar-refractivity contribution in [3.05, 3.63) is 22.8 Å². The van der Waals surface area contributed by atoms with Gasteiger partial charge >= 0.3 is 0 Å². The van der Waals surface area contributed by atoms with Gasteiger partial charge in [0.25, 0.3) is 5.91 Å². The lowest BCUT2D eigenvalue weighted by Gasteiger charge is -2.20. The summed E-state index contributed by atoms with van der Waals surface area (Å²) in [5, 5.41) is 6.22. The molecule has 1 aliphatic carbocycles. The Morgan fingerprint density at radius 1 is 1.47 bits per heavy atom. The number of halogens is 1. The van der Waals surface area contributed by atoms with Crippen molar-refractivity contribution in [2.75, 3.05) is 18.9 Å². The van der Waals surface area contributed by atoms with E-state index in [2.05, 4.69) is 29.5 Å². The molecule has 1 amide bonds. The summed E-state index contributed by atoms with van der Waals surface area (Å²) in [4.78, 5) is 16.2. The maximum absolute atomic E-state index is 12.1. The largest absolute Gasteiger partial charge is 0.373 e. The molecule has 0 unspecified atom stereocenters. The normalized spacial score (nSPS) is 16.3. The summed E-state index contributed by atoms with van der Waals surface area (Å²) in [5.74, 6) is 1.11. The SMILES string of the molecule is CNc1cc(C(=O)NCC2(C(C)C)CC2)cc(Cl)n1. The van der Waals surface area contributed by atoms with Crippen molar-refractivity contribution in [1.29, 1.82) is 0 Å². The second kappa shape index (κ2) is 5.37. The van der Waals surface area contributed by atoms with Gasteiger partial charge in [0.15, 0.2) is 0 Å². The lowest BCUT2D eigenvalue weighted by Crippen LogP contribution is -2.32. The zero-order valence-corrected chi connectivity index (χ0v) is 12.3. The Morgan fingerprint density at radius 3 is 2.68 bits per heavy atom. The molecule has 1 heterocycles. The van der Waals surface area contributed by atoms with Gasteiger partial charge < -0.3 is 10.6 Å². The summed E-state index contributed by atoms with van der Waals surface area (Å²) < 4.78 is 0. The third-order valence-corrected chi connectivity index (χ3v) is 4.22. The number of aromatic nitrogens is 1. The van der Waals surface area contributed by atoms with Gasteiger partial charge in [0.1, 0.15) is 11.0 Å². The van der Waals surface area contributed by atoms with Crippen molar-refractivity contribution in [3.8, 4) is 0 Å². The zero-order valence-electron chi connectivity index (χ0n) is 11.6. The quantitative estimate of drug-likeness (QED) is 0.816. The van der Waals surface area contributed by atoms with Gasteiger partial charge in [-0.15, -0.1) is 0 Å². The lowest BCUT2D eigenvalue weighted by atomic mass is 9.92. The monoisotopic (exact) mass is 281 g/mol. The van der Waals surface area contributed by atoms with Gasteiger partial charge in [-0.1, -0.05) is 25.4 Å². The molecule has 0 radical (unpaired) electrons. The van der Waals surface area contributed by atoms with Gasteiger partial charge in [-0.3, -0.25) is 4.79 Å². The van der Waals surface area contributed by atoms with Crippen molar-refractivity contribution in [3.63, 3.8) is 0 Å². The molecule has 1 fully saturated rings. The molecule has 2 N–H and O–H groups in total. The second-order valence-electron chi connectivity index (χ2n) is 5.51. The molecular formula is C14H20ClN3O. The molecule has 19 heavy (non-hydrogen) atoms. The fourth-order valence-corrected chi connectivity index (χ4v) is 2.44. The van der Waals surface area contributed by atoms with E-state index in [1.54, 1.807) is 19.2 Å². The molecule has 1 aromatic rings. The number of pyridine rings is 1. The highest BCUT2D eigenvalue weighted by molar-refractivity contribution is 6.29. The number of carbonyl (C=O) groups excluding carboxylic acids is 1. The molecule has 104 valence electrons. The van der Waals surface area contributed by atoms with Crippen LogP contribution in [0.25, 0.3) is 0 Å². The summed E-state index contributed by atoms with van der Waals surface area (Å²) >= 11 is 5.89. The molecule has 2 rings (SSSR count). The van der Waals surface area contributed by atoms with Gasteiger partial charge in [-0.25, -0.2) is 4.98 Å². The van der Waals surface area contributed by atoms with Crippen LogP contribution in [0.15, 0.2) is 12.1 Å². The van der Waals surface area contributed by atoms with Crippen LogP contribution in [0.5, 0.6) is 0 Å². The van der Waals surface area contributed by atoms with E-state index in [4.69, 9.17) is 11.6 Å². The molecular weight excluding hydrogens is 262 g/mol. The predicted molar refractivity (Wildman–Crippen MR) is 77.6 cm³/mol. The van der Waals surface area contributed by atoms with Gasteiger partial charge in [0.2, 0.25) is 0 Å². The van der Waals surface area contributed by atoms with Crippen LogP contribution in [0.3, 0.4) is 0 Å². The number of hydrogen-bond donors (Lipinski definition) is 2. The third-order valence-electron chi connectivity index (χ3n) is 4.03. The van der Waals surface area contributed by atoms with Crippen LogP contribution in [-0.2, 0) is 0 Å². The predicted octanol–water partition coefficient (Wildman–Crippen LogP) is 2.94. The maximum atomic E-state index is 12.1. The van der Waals surface area contributed by atoms with Crippen LogP contribution in [-0.4, -0.2) is 24.5 Å². The highest BCUT2D eigenvalue weighted by Crippen LogP contribution is 2.51. The Hall–Kier alpha value is -1.29. The van der Waals surface area contributed by atoms with Crippen molar-refractivity contribution in [2.45, 2.75) is 26.7 Å². The Labute approximate surface area is 118 Å². The van der Waals surface area contributed by atoms with Gasteiger partial charge in [-0.05, 0) is 36.3 Å². The first kappa shape index (κ1) is 14.1. The fourth-order valence-electron chi connectivity index (χ4n) is 2.23. The average molecular weight is 282 g/mol. The Morgan fingerprint density at radius 2 is 2.16 bits per heavy atom. The van der Waals surface area contributed by atoms with Crippen LogP contribution in [0.1, 0.15) is 37.0 Å². The average Bonchev–Trinajstić information content (AvgIpc) is 3.16. The van der Waals surface area contributed by atoms with E-state index in [-0.39, 0.29) is 5.91 Å². The molecule has 0 aliphatic heterocycles. The minimum atomic E-state index is -0.0901. The standard InChI is InChI=1S/C14H20ClN3O/c1-9(2)14(4-5-14)8-17-13(19)10-6-11(15)18-12(7-10)16-3/h6-7,9H,4-5,8H2,1-3H3,(H,16,18)(H,17,19). The van der Waals surface area contributed by atoms with Crippen LogP contribution in [0.4, 0.5) is 5.82 Å². The first-order valence-electron chi connectivity index (χ1n) is 6.60. The van der Waals surface area contributed by atoms with E-state index in [1.807, 2.05) is 0 Å². The molecule has 0 bridgehead atoms. The first-order chi connectivity index (χ1) is 8.97. The van der Waals surface area contributed by atoms with Crippen LogP contribution in [0.2, 0.25) is 5.15 Å². The van der Waals surface area contributed by atoms with E-state index >= 15 is 0 Å². The molecule has 0 aromatic carbocycles. The van der Waals surface area contributed by atoms with Crippen LogP contribution in [0, 0.1) is 11.3 Å². The van der Waals surface area contributed by atoms with Gasteiger partial charge in [-0.2, -0.15) is 0 Å². The number of amides is 1. The summed E-state index contributed by atoms with van der Waals surface area (Å²) in [7, 11) is 1.75. The number of nitrogens with one attached hydrogen (secondary N) is 2. The van der Waals surface area contributed by atoms with Crippen molar-refractivity contribution < 1.29 is 4.79 Å². The molecule has 0 atom stereocenters. The highest BCUT2D eigenvalue weighted by atomic mass is 35.5. The molecule has 0 spiro atoms. The number of carbonyl (C=O) groups is 1. The zero-order chi connectivity index (χ0) is 14.0. The number of rotatable bonds is 5. The third kappa shape index (κ3) is 3.18. The minimum Gasteiger partial charge on any atom is -0.373 e. The van der Waals surface area contributed by atoms with E-state index < -0.39 is 0 Å². The Bertz CT molecular complexity index is 484. The Kier molecular flexibility index (Phi) is 3.99. The summed E-state index contributed by atoms with van der Waals surface area (Å²) in [5.41, 5.74) is 0.849. The first-order valence-corrected chi connectivity index (χ1v) is 6.98. The molecule has 4 nitrogen and oxygen atoms in total. The van der Waals surface area contributed by atoms with Crippen LogP contribution < -0.4 is 10.6 Å². The molecule has 5 heteroatoms. The second-order valence-corrected chi connectivity index (χ2v) is 5.90. The van der Waals surface area contributed by atoms with E-state index in [0.717, 1.165) is 6.54 Å². The topological polar surface area (TPSA) is 54.0 Å². The van der Waals surface area contributed by atoms with E-state index in [1.165, 1.54) is 12.8 Å². The van der Waals surface area contributed by atoms with Crippen molar-refractivity contribution in [1.82, 2.24) is 10.3 Å². The highest BCUT2D eigenvalue weighted by Gasteiger charge is 2.45. The number of hydrogen-bond acceptors (Lipinski definition) is 3. The summed E-state index contributed by atoms with van der Waals surface area (Å²) in [6, 6.07) is 3.29. The molecule has 1 aliphatic rings. The van der Waals surface area contributed by atoms with Crippen molar-refractivity contribution in [2.24, 2.45) is 11.3 Å². The number of nitrogens with zero attached hydrogens (tertiary/aromatic N) is 1. The number of anilines is 1. The maximum Gasteiger partial charge on any atom is 0.251 e. The fraction of sp³-hybridized carbons (Fsp3) is 0.571. The smallest absolute Gasteiger partial charge is 0.251 e. The summed E-state index contributed by atoms with van der Waals surface area (Å²) in [6.07, 6.45) is 2.40.